The summed E-state index contributed by atoms with van der Waals surface area (Å²) in [5.41, 5.74) is -0.956. The van der Waals surface area contributed by atoms with Gasteiger partial charge >= 0.3 is 5.97 Å². The van der Waals surface area contributed by atoms with Crippen molar-refractivity contribution in [3.63, 3.8) is 0 Å². The Balaban J connectivity index is 2.09. The molecule has 0 aromatic rings. The Morgan fingerprint density at radius 1 is 1.46 bits per heavy atom. The molecule has 74 valence electrons. The number of aliphatic hydroxyl groups is 1. The zero-order chi connectivity index (χ0) is 9.47. The van der Waals surface area contributed by atoms with Crippen LogP contribution >= 0.6 is 0 Å². The molecule has 3 heterocycles. The van der Waals surface area contributed by atoms with Crippen LogP contribution in [0.3, 0.4) is 0 Å². The van der Waals surface area contributed by atoms with Crippen molar-refractivity contribution in [3.05, 3.63) is 0 Å². The molecule has 0 unspecified atom stereocenters. The van der Waals surface area contributed by atoms with Gasteiger partial charge in [-0.05, 0) is 31.8 Å². The maximum Gasteiger partial charge on any atom is 0.306 e. The van der Waals surface area contributed by atoms with Gasteiger partial charge in [-0.25, -0.2) is 0 Å². The Labute approximate surface area is 77.2 Å². The molecule has 4 heteroatoms. The number of aliphatic carboxylic acids is 1. The molecule has 0 aromatic carbocycles. The van der Waals surface area contributed by atoms with Crippen LogP contribution in [0.15, 0.2) is 0 Å². The van der Waals surface area contributed by atoms with E-state index in [9.17, 15) is 9.90 Å². The van der Waals surface area contributed by atoms with Gasteiger partial charge in [-0.15, -0.1) is 0 Å². The normalized spacial score (nSPS) is 43.5. The first kappa shape index (κ1) is 8.97. The van der Waals surface area contributed by atoms with E-state index in [2.05, 4.69) is 4.90 Å². The number of nitrogens with zero attached hydrogens (tertiary/aromatic N) is 1. The molecule has 0 spiro atoms. The van der Waals surface area contributed by atoms with Crippen molar-refractivity contribution in [1.29, 1.82) is 0 Å². The Bertz CT molecular complexity index is 223. The van der Waals surface area contributed by atoms with Crippen LogP contribution in [0.25, 0.3) is 0 Å². The summed E-state index contributed by atoms with van der Waals surface area (Å²) in [5, 5.41) is 18.8. The van der Waals surface area contributed by atoms with Crippen LogP contribution in [0.1, 0.15) is 19.3 Å². The third-order valence-corrected chi connectivity index (χ3v) is 3.30. The molecule has 0 saturated carbocycles. The van der Waals surface area contributed by atoms with Crippen molar-refractivity contribution < 1.29 is 15.0 Å². The highest BCUT2D eigenvalue weighted by Crippen LogP contribution is 2.37. The molecule has 3 aliphatic rings. The van der Waals surface area contributed by atoms with Crippen molar-refractivity contribution in [2.24, 2.45) is 5.92 Å². The number of carboxylic acid groups (broad SMARTS) is 1. The number of carbonyl (C=O) groups is 1. The highest BCUT2D eigenvalue weighted by molar-refractivity contribution is 5.68. The number of piperidine rings is 3. The topological polar surface area (TPSA) is 60.8 Å². The number of rotatable bonds is 2. The molecule has 0 amide bonds. The van der Waals surface area contributed by atoms with Crippen molar-refractivity contribution in [2.75, 3.05) is 19.6 Å². The molecule has 0 aliphatic carbocycles. The Morgan fingerprint density at radius 3 is 2.46 bits per heavy atom. The molecular weight excluding hydrogens is 170 g/mol. The van der Waals surface area contributed by atoms with Gasteiger partial charge in [0.15, 0.2) is 0 Å². The van der Waals surface area contributed by atoms with E-state index in [1.807, 2.05) is 0 Å². The fourth-order valence-corrected chi connectivity index (χ4v) is 2.61. The second-order valence-electron chi connectivity index (χ2n) is 4.22. The van der Waals surface area contributed by atoms with E-state index in [1.165, 1.54) is 0 Å². The van der Waals surface area contributed by atoms with Gasteiger partial charge in [0.25, 0.3) is 0 Å². The van der Waals surface area contributed by atoms with Crippen molar-refractivity contribution in [1.82, 2.24) is 4.90 Å². The van der Waals surface area contributed by atoms with E-state index in [1.54, 1.807) is 0 Å². The smallest absolute Gasteiger partial charge is 0.306 e. The third-order valence-electron chi connectivity index (χ3n) is 3.30. The van der Waals surface area contributed by atoms with E-state index in [-0.39, 0.29) is 12.3 Å². The van der Waals surface area contributed by atoms with Gasteiger partial charge in [0.2, 0.25) is 0 Å². The van der Waals surface area contributed by atoms with Gasteiger partial charge in [-0.2, -0.15) is 0 Å². The summed E-state index contributed by atoms with van der Waals surface area (Å²) < 4.78 is 0. The summed E-state index contributed by atoms with van der Waals surface area (Å²) in [6.07, 6.45) is 1.79. The molecule has 0 radical (unpaired) electrons. The van der Waals surface area contributed by atoms with Gasteiger partial charge < -0.3 is 15.1 Å². The molecule has 3 saturated heterocycles. The lowest BCUT2D eigenvalue weighted by Gasteiger charge is -2.49. The van der Waals surface area contributed by atoms with Crippen molar-refractivity contribution in [3.8, 4) is 0 Å². The van der Waals surface area contributed by atoms with E-state index < -0.39 is 11.6 Å². The molecule has 3 aliphatic heterocycles. The molecule has 2 bridgehead atoms. The maximum atomic E-state index is 10.6. The lowest BCUT2D eigenvalue weighted by molar-refractivity contribution is -0.156. The SMILES string of the molecule is O=C(O)C[C@@]1(O)CN2CCC1CC2. The number of hydrogen-bond donors (Lipinski definition) is 2. The van der Waals surface area contributed by atoms with Crippen LogP contribution in [0.4, 0.5) is 0 Å². The van der Waals surface area contributed by atoms with Gasteiger partial charge in [-0.3, -0.25) is 4.79 Å². The van der Waals surface area contributed by atoms with Crippen LogP contribution in [0, 0.1) is 5.92 Å². The van der Waals surface area contributed by atoms with Gasteiger partial charge in [-0.1, -0.05) is 0 Å². The summed E-state index contributed by atoms with van der Waals surface area (Å²) in [7, 11) is 0. The second kappa shape index (κ2) is 2.96. The monoisotopic (exact) mass is 185 g/mol. The highest BCUT2D eigenvalue weighted by atomic mass is 16.4. The van der Waals surface area contributed by atoms with Crippen LogP contribution in [0.5, 0.6) is 0 Å². The summed E-state index contributed by atoms with van der Waals surface area (Å²) in [6, 6.07) is 0. The minimum Gasteiger partial charge on any atom is -0.481 e. The summed E-state index contributed by atoms with van der Waals surface area (Å²) in [4.78, 5) is 12.7. The average Bonchev–Trinajstić information content (AvgIpc) is 2.03. The first-order valence-corrected chi connectivity index (χ1v) is 4.77. The van der Waals surface area contributed by atoms with Crippen molar-refractivity contribution >= 4 is 5.97 Å². The fourth-order valence-electron chi connectivity index (χ4n) is 2.61. The van der Waals surface area contributed by atoms with Crippen molar-refractivity contribution in [2.45, 2.75) is 24.9 Å². The summed E-state index contributed by atoms with van der Waals surface area (Å²) in [5.74, 6) is -0.690. The number of hydrogen-bond acceptors (Lipinski definition) is 3. The first-order valence-electron chi connectivity index (χ1n) is 4.77. The van der Waals surface area contributed by atoms with Gasteiger partial charge in [0.1, 0.15) is 0 Å². The summed E-state index contributed by atoms with van der Waals surface area (Å²) >= 11 is 0. The van der Waals surface area contributed by atoms with E-state index in [0.29, 0.717) is 6.54 Å². The van der Waals surface area contributed by atoms with E-state index in [0.717, 1.165) is 25.9 Å². The zero-order valence-electron chi connectivity index (χ0n) is 7.57. The standard InChI is InChI=1S/C9H15NO3/c11-8(12)5-9(13)6-10-3-1-7(9)2-4-10/h7,13H,1-6H2,(H,11,12)/t9-/m1/s1. The number of carboxylic acids is 1. The maximum absolute atomic E-state index is 10.6. The molecule has 3 fully saturated rings. The minimum atomic E-state index is -0.956. The predicted octanol–water partition coefficient (Wildman–Crippen LogP) is -0.0822. The lowest BCUT2D eigenvalue weighted by atomic mass is 9.74. The van der Waals surface area contributed by atoms with Gasteiger partial charge in [0.05, 0.1) is 12.0 Å². The molecule has 1 atom stereocenters. The van der Waals surface area contributed by atoms with Crippen LogP contribution in [0.2, 0.25) is 0 Å². The Kier molecular flexibility index (Phi) is 2.04. The summed E-state index contributed by atoms with van der Waals surface area (Å²) in [6.45, 7) is 2.59. The molecule has 0 aromatic heterocycles. The molecule has 13 heavy (non-hydrogen) atoms. The fraction of sp³-hybridized carbons (Fsp3) is 0.889. The van der Waals surface area contributed by atoms with E-state index in [4.69, 9.17) is 5.11 Å². The lowest BCUT2D eigenvalue weighted by Crippen LogP contribution is -2.59. The van der Waals surface area contributed by atoms with Gasteiger partial charge in [0, 0.05) is 6.54 Å². The second-order valence-corrected chi connectivity index (χ2v) is 4.22. The molecule has 3 rings (SSSR count). The predicted molar refractivity (Wildman–Crippen MR) is 46.4 cm³/mol. The molecular formula is C9H15NO3. The largest absolute Gasteiger partial charge is 0.481 e. The van der Waals surface area contributed by atoms with Crippen LogP contribution in [-0.2, 0) is 4.79 Å². The van der Waals surface area contributed by atoms with Crippen LogP contribution in [-0.4, -0.2) is 46.3 Å². The Hall–Kier alpha value is -0.610. The first-order chi connectivity index (χ1) is 6.10. The zero-order valence-corrected chi connectivity index (χ0v) is 7.57. The molecule has 4 nitrogen and oxygen atoms in total. The number of fused-ring (bicyclic) bond motifs is 3. The van der Waals surface area contributed by atoms with Crippen LogP contribution < -0.4 is 0 Å². The third kappa shape index (κ3) is 1.56. The quantitative estimate of drug-likeness (QED) is 0.631. The van der Waals surface area contributed by atoms with E-state index >= 15 is 0 Å². The minimum absolute atomic E-state index is 0.103. The highest BCUT2D eigenvalue weighted by Gasteiger charge is 2.46. The Morgan fingerprint density at radius 2 is 2.08 bits per heavy atom. The average molecular weight is 185 g/mol. The molecule has 2 N–H and O–H groups in total.